The zero-order valence-corrected chi connectivity index (χ0v) is 10.9. The molecular formula is C13H27P. The molecule has 0 nitrogen and oxygen atoms in total. The van der Waals surface area contributed by atoms with Crippen molar-refractivity contribution in [3.05, 3.63) is 0 Å². The van der Waals surface area contributed by atoms with Gasteiger partial charge in [-0.1, -0.05) is 58.3 Å². The lowest BCUT2D eigenvalue weighted by molar-refractivity contribution is 0.509. The zero-order valence-electron chi connectivity index (χ0n) is 9.86. The Kier molecular flexibility index (Phi) is 7.78. The molecule has 0 saturated heterocycles. The number of rotatable bonds is 3. The Morgan fingerprint density at radius 2 is 1.36 bits per heavy atom. The van der Waals surface area contributed by atoms with Crippen LogP contribution in [0.25, 0.3) is 0 Å². The molecule has 0 aromatic carbocycles. The van der Waals surface area contributed by atoms with Crippen LogP contribution in [0.1, 0.15) is 71.1 Å². The van der Waals surface area contributed by atoms with Gasteiger partial charge in [0.2, 0.25) is 0 Å². The summed E-state index contributed by atoms with van der Waals surface area (Å²) in [4.78, 5) is 0. The Morgan fingerprint density at radius 1 is 0.857 bits per heavy atom. The van der Waals surface area contributed by atoms with Crippen LogP contribution in [0.15, 0.2) is 0 Å². The first kappa shape index (κ1) is 12.5. The normalized spacial score (nSPS) is 22.9. The summed E-state index contributed by atoms with van der Waals surface area (Å²) in [5.41, 5.74) is 1.10. The lowest BCUT2D eigenvalue weighted by Gasteiger charge is -2.18. The third-order valence-corrected chi connectivity index (χ3v) is 5.23. The first-order valence-corrected chi connectivity index (χ1v) is 7.95. The molecule has 0 radical (unpaired) electrons. The molecule has 1 heteroatoms. The van der Waals surface area contributed by atoms with Gasteiger partial charge >= 0.3 is 0 Å². The van der Waals surface area contributed by atoms with Gasteiger partial charge in [0.05, 0.1) is 0 Å². The van der Waals surface area contributed by atoms with Gasteiger partial charge in [-0.3, -0.25) is 0 Å². The standard InChI is InChI=1S/C13H27P/c1-2-12-14-13-10-8-6-4-3-5-7-9-11-13/h13-14H,2-12H2,1H3. The molecule has 1 unspecified atom stereocenters. The molecule has 1 aliphatic rings. The van der Waals surface area contributed by atoms with Crippen LogP contribution in [-0.4, -0.2) is 11.8 Å². The number of hydrogen-bond acceptors (Lipinski definition) is 0. The summed E-state index contributed by atoms with van der Waals surface area (Å²) in [6.45, 7) is 2.33. The average Bonchev–Trinajstić information content (AvgIpc) is 2.23. The maximum atomic E-state index is 2.33. The van der Waals surface area contributed by atoms with Crippen molar-refractivity contribution in [3.63, 3.8) is 0 Å². The molecule has 0 bridgehead atoms. The second-order valence-electron chi connectivity index (χ2n) is 4.70. The molecule has 0 N–H and O–H groups in total. The highest BCUT2D eigenvalue weighted by Gasteiger charge is 2.08. The van der Waals surface area contributed by atoms with Crippen LogP contribution in [0.5, 0.6) is 0 Å². The molecule has 0 heterocycles. The fourth-order valence-electron chi connectivity index (χ4n) is 2.36. The quantitative estimate of drug-likeness (QED) is 0.582. The summed E-state index contributed by atoms with van der Waals surface area (Å²) in [6.07, 6.45) is 16.5. The third kappa shape index (κ3) is 6.02. The van der Waals surface area contributed by atoms with Gasteiger partial charge in [-0.15, -0.1) is 8.58 Å². The van der Waals surface area contributed by atoms with E-state index in [1.165, 1.54) is 66.1 Å². The van der Waals surface area contributed by atoms with Crippen molar-refractivity contribution < 1.29 is 0 Å². The molecule has 0 aromatic heterocycles. The highest BCUT2D eigenvalue weighted by atomic mass is 31.1. The van der Waals surface area contributed by atoms with Crippen LogP contribution in [0.4, 0.5) is 0 Å². The second-order valence-corrected chi connectivity index (χ2v) is 6.43. The predicted octanol–water partition coefficient (Wildman–Crippen LogP) is 4.97. The van der Waals surface area contributed by atoms with Gasteiger partial charge in [-0.05, 0) is 24.7 Å². The Hall–Kier alpha value is 0.430. The van der Waals surface area contributed by atoms with Crippen molar-refractivity contribution in [1.82, 2.24) is 0 Å². The van der Waals surface area contributed by atoms with Crippen molar-refractivity contribution in [2.24, 2.45) is 0 Å². The molecule has 0 aliphatic heterocycles. The van der Waals surface area contributed by atoms with E-state index in [4.69, 9.17) is 0 Å². The summed E-state index contributed by atoms with van der Waals surface area (Å²) in [5, 5.41) is 0. The predicted molar refractivity (Wildman–Crippen MR) is 68.8 cm³/mol. The molecule has 0 spiro atoms. The Bertz CT molecular complexity index is 112. The molecule has 84 valence electrons. The van der Waals surface area contributed by atoms with E-state index in [2.05, 4.69) is 6.92 Å². The largest absolute Gasteiger partial charge is 0.119 e. The molecule has 1 fully saturated rings. The average molecular weight is 214 g/mol. The molecule has 1 atom stereocenters. The lowest BCUT2D eigenvalue weighted by Crippen LogP contribution is -2.03. The van der Waals surface area contributed by atoms with Crippen LogP contribution < -0.4 is 0 Å². The summed E-state index contributed by atoms with van der Waals surface area (Å²) in [7, 11) is 1.27. The minimum Gasteiger partial charge on any atom is -0.119 e. The Labute approximate surface area is 92.0 Å². The highest BCUT2D eigenvalue weighted by Crippen LogP contribution is 2.30. The minimum absolute atomic E-state index is 1.10. The van der Waals surface area contributed by atoms with Crippen LogP contribution in [0.3, 0.4) is 0 Å². The summed E-state index contributed by atoms with van der Waals surface area (Å²) in [6, 6.07) is 0. The van der Waals surface area contributed by atoms with E-state index in [9.17, 15) is 0 Å². The summed E-state index contributed by atoms with van der Waals surface area (Å²) < 4.78 is 0. The van der Waals surface area contributed by atoms with Crippen LogP contribution >= 0.6 is 8.58 Å². The van der Waals surface area contributed by atoms with E-state index in [1.54, 1.807) is 12.8 Å². The maximum Gasteiger partial charge on any atom is -0.0237 e. The van der Waals surface area contributed by atoms with Gasteiger partial charge in [0, 0.05) is 0 Å². The van der Waals surface area contributed by atoms with Crippen molar-refractivity contribution >= 4 is 8.58 Å². The first-order valence-electron chi connectivity index (χ1n) is 6.67. The van der Waals surface area contributed by atoms with Crippen molar-refractivity contribution in [3.8, 4) is 0 Å². The monoisotopic (exact) mass is 214 g/mol. The topological polar surface area (TPSA) is 0 Å². The van der Waals surface area contributed by atoms with E-state index < -0.39 is 0 Å². The van der Waals surface area contributed by atoms with Gasteiger partial charge < -0.3 is 0 Å². The molecular weight excluding hydrogens is 187 g/mol. The molecule has 1 saturated carbocycles. The van der Waals surface area contributed by atoms with Crippen LogP contribution in [-0.2, 0) is 0 Å². The fourth-order valence-corrected chi connectivity index (χ4v) is 3.88. The van der Waals surface area contributed by atoms with Crippen molar-refractivity contribution in [1.29, 1.82) is 0 Å². The molecule has 1 rings (SSSR count). The van der Waals surface area contributed by atoms with Crippen LogP contribution in [0, 0.1) is 0 Å². The second kappa shape index (κ2) is 8.72. The van der Waals surface area contributed by atoms with Gasteiger partial charge in [0.15, 0.2) is 0 Å². The molecule has 1 aliphatic carbocycles. The third-order valence-electron chi connectivity index (χ3n) is 3.29. The van der Waals surface area contributed by atoms with Gasteiger partial charge in [0.25, 0.3) is 0 Å². The fraction of sp³-hybridized carbons (Fsp3) is 1.00. The summed E-state index contributed by atoms with van der Waals surface area (Å²) >= 11 is 0. The Balaban J connectivity index is 2.16. The molecule has 14 heavy (non-hydrogen) atoms. The summed E-state index contributed by atoms with van der Waals surface area (Å²) in [5.74, 6) is 0. The van der Waals surface area contributed by atoms with E-state index in [-0.39, 0.29) is 0 Å². The van der Waals surface area contributed by atoms with Gasteiger partial charge in [0.1, 0.15) is 0 Å². The van der Waals surface area contributed by atoms with Crippen LogP contribution in [0.2, 0.25) is 0 Å². The van der Waals surface area contributed by atoms with Crippen molar-refractivity contribution in [2.45, 2.75) is 76.8 Å². The van der Waals surface area contributed by atoms with E-state index in [1.807, 2.05) is 0 Å². The SMILES string of the molecule is CCCPC1CCCCCCCCC1. The maximum absolute atomic E-state index is 2.33. The van der Waals surface area contributed by atoms with Gasteiger partial charge in [-0.2, -0.15) is 0 Å². The Morgan fingerprint density at radius 3 is 1.86 bits per heavy atom. The minimum atomic E-state index is 1.10. The number of hydrogen-bond donors (Lipinski definition) is 0. The van der Waals surface area contributed by atoms with E-state index >= 15 is 0 Å². The zero-order chi connectivity index (χ0) is 10.1. The molecule has 0 aromatic rings. The van der Waals surface area contributed by atoms with Crippen molar-refractivity contribution in [2.75, 3.05) is 6.16 Å². The lowest BCUT2D eigenvalue weighted by atomic mass is 10.0. The molecule has 0 amide bonds. The smallest absolute Gasteiger partial charge is 0.0237 e. The van der Waals surface area contributed by atoms with Gasteiger partial charge in [-0.25, -0.2) is 0 Å². The highest BCUT2D eigenvalue weighted by molar-refractivity contribution is 7.38. The van der Waals surface area contributed by atoms with E-state index in [0.29, 0.717) is 0 Å². The van der Waals surface area contributed by atoms with E-state index in [0.717, 1.165) is 5.66 Å². The first-order chi connectivity index (χ1) is 6.93.